The van der Waals surface area contributed by atoms with E-state index in [1.54, 1.807) is 0 Å². The lowest BCUT2D eigenvalue weighted by Gasteiger charge is -2.36. The lowest BCUT2D eigenvalue weighted by molar-refractivity contribution is 0.00578. The Bertz CT molecular complexity index is 1660. The van der Waals surface area contributed by atoms with E-state index in [0.717, 1.165) is 10.9 Å². The summed E-state index contributed by atoms with van der Waals surface area (Å²) in [6.45, 7) is 16.9. The van der Waals surface area contributed by atoms with Crippen LogP contribution in [0.15, 0.2) is 105 Å². The van der Waals surface area contributed by atoms with E-state index in [0.29, 0.717) is 0 Å². The third kappa shape index (κ3) is 3.57. The first-order valence-electron chi connectivity index (χ1n) is 15.3. The zero-order chi connectivity index (χ0) is 30.2. The highest BCUT2D eigenvalue weighted by atomic mass is 32.3. The van der Waals surface area contributed by atoms with Crippen molar-refractivity contribution in [1.82, 2.24) is 0 Å². The van der Waals surface area contributed by atoms with E-state index in [2.05, 4.69) is 140 Å². The maximum absolute atomic E-state index is 6.48. The van der Waals surface area contributed by atoms with Crippen LogP contribution in [0.25, 0.3) is 22.3 Å². The number of benzene rings is 4. The molecule has 0 bridgehead atoms. The molecular formula is C36H38B2O4S. The summed E-state index contributed by atoms with van der Waals surface area (Å²) >= 11 is 0. The fraction of sp³-hybridized carbons (Fsp3) is 0.333. The van der Waals surface area contributed by atoms with Crippen LogP contribution in [0.5, 0.6) is 0 Å². The third-order valence-corrected chi connectivity index (χ3v) is 14.8. The Morgan fingerprint density at radius 3 is 1.12 bits per heavy atom. The van der Waals surface area contributed by atoms with E-state index >= 15 is 0 Å². The highest BCUT2D eigenvalue weighted by Gasteiger charge is 2.54. The van der Waals surface area contributed by atoms with Gasteiger partial charge in [0.05, 0.1) is 22.4 Å². The average molecular weight is 588 g/mol. The van der Waals surface area contributed by atoms with Gasteiger partial charge in [-0.05, 0) is 113 Å². The van der Waals surface area contributed by atoms with Gasteiger partial charge in [-0.25, -0.2) is 0 Å². The molecule has 0 radical (unpaired) electrons. The summed E-state index contributed by atoms with van der Waals surface area (Å²) in [5.74, 6) is 0. The summed E-state index contributed by atoms with van der Waals surface area (Å²) in [6, 6.07) is 31.7. The molecule has 7 heteroatoms. The zero-order valence-electron chi connectivity index (χ0n) is 26.3. The van der Waals surface area contributed by atoms with Crippen molar-refractivity contribution in [2.45, 2.75) is 97.4 Å². The van der Waals surface area contributed by atoms with E-state index in [1.807, 2.05) is 0 Å². The Kier molecular flexibility index (Phi) is 5.59. The molecule has 218 valence electrons. The Morgan fingerprint density at radius 2 is 0.744 bits per heavy atom. The van der Waals surface area contributed by atoms with Gasteiger partial charge in [-0.15, -0.1) is 10.0 Å². The second kappa shape index (κ2) is 8.68. The minimum atomic E-state index is -1.70. The molecule has 1 spiro atoms. The predicted molar refractivity (Wildman–Crippen MR) is 176 cm³/mol. The van der Waals surface area contributed by atoms with Crippen LogP contribution >= 0.6 is 10.0 Å². The van der Waals surface area contributed by atoms with E-state index in [-0.39, 0.29) is 22.4 Å². The maximum atomic E-state index is 6.48. The maximum Gasteiger partial charge on any atom is 0.494 e. The number of rotatable bonds is 2. The van der Waals surface area contributed by atoms with Crippen LogP contribution in [0, 0.1) is 0 Å². The van der Waals surface area contributed by atoms with Crippen molar-refractivity contribution in [3.05, 3.63) is 84.9 Å². The monoisotopic (exact) mass is 588 g/mol. The molecule has 4 aliphatic rings. The first-order chi connectivity index (χ1) is 20.3. The van der Waals surface area contributed by atoms with Crippen LogP contribution in [-0.2, 0) is 18.6 Å². The van der Waals surface area contributed by atoms with Crippen molar-refractivity contribution < 1.29 is 18.6 Å². The Morgan fingerprint density at radius 1 is 0.419 bits per heavy atom. The van der Waals surface area contributed by atoms with E-state index in [9.17, 15) is 0 Å². The third-order valence-electron chi connectivity index (χ3n) is 10.7. The second-order valence-electron chi connectivity index (χ2n) is 14.3. The van der Waals surface area contributed by atoms with Gasteiger partial charge >= 0.3 is 14.2 Å². The molecule has 0 unspecified atom stereocenters. The van der Waals surface area contributed by atoms with Gasteiger partial charge in [0.15, 0.2) is 0 Å². The molecule has 0 atom stereocenters. The fourth-order valence-corrected chi connectivity index (χ4v) is 11.5. The first kappa shape index (κ1) is 27.7. The van der Waals surface area contributed by atoms with Crippen LogP contribution < -0.4 is 10.9 Å². The van der Waals surface area contributed by atoms with Crippen LogP contribution in [0.3, 0.4) is 0 Å². The largest absolute Gasteiger partial charge is 0.494 e. The molecule has 4 aromatic rings. The lowest BCUT2D eigenvalue weighted by atomic mass is 9.78. The minimum Gasteiger partial charge on any atom is -0.399 e. The number of fused-ring (bicyclic) bond motifs is 10. The Hall–Kier alpha value is -2.80. The molecule has 2 saturated heterocycles. The smallest absolute Gasteiger partial charge is 0.399 e. The van der Waals surface area contributed by atoms with Gasteiger partial charge in [-0.1, -0.05) is 60.7 Å². The molecule has 0 aromatic heterocycles. The lowest BCUT2D eigenvalue weighted by Crippen LogP contribution is -2.41. The average Bonchev–Trinajstić information content (AvgIpc) is 3.58. The summed E-state index contributed by atoms with van der Waals surface area (Å²) in [5, 5.41) is 0. The summed E-state index contributed by atoms with van der Waals surface area (Å²) in [5.41, 5.74) is 5.70. The van der Waals surface area contributed by atoms with Gasteiger partial charge < -0.3 is 18.6 Å². The number of hydrogen-bond acceptors (Lipinski definition) is 4. The van der Waals surface area contributed by atoms with Crippen molar-refractivity contribution in [3.63, 3.8) is 0 Å². The summed E-state index contributed by atoms with van der Waals surface area (Å²) in [4.78, 5) is 5.54. The molecule has 4 aliphatic heterocycles. The normalized spacial score (nSPS) is 23.2. The minimum absolute atomic E-state index is 0.390. The van der Waals surface area contributed by atoms with Crippen LogP contribution in [0.4, 0.5) is 0 Å². The molecule has 8 rings (SSSR count). The van der Waals surface area contributed by atoms with Crippen molar-refractivity contribution >= 4 is 35.2 Å². The molecule has 4 heterocycles. The highest BCUT2D eigenvalue weighted by molar-refractivity contribution is 8.34. The molecule has 0 amide bonds. The van der Waals surface area contributed by atoms with Crippen molar-refractivity contribution in [2.24, 2.45) is 0 Å². The van der Waals surface area contributed by atoms with Crippen LogP contribution in [-0.4, -0.2) is 36.6 Å². The summed E-state index contributed by atoms with van der Waals surface area (Å²) in [7, 11) is -2.50. The van der Waals surface area contributed by atoms with Gasteiger partial charge in [0.25, 0.3) is 0 Å². The Balaban J connectivity index is 1.31. The quantitative estimate of drug-likeness (QED) is 0.196. The van der Waals surface area contributed by atoms with Gasteiger partial charge in [-0.2, -0.15) is 0 Å². The molecule has 2 fully saturated rings. The van der Waals surface area contributed by atoms with Gasteiger partial charge in [0, 0.05) is 19.6 Å². The van der Waals surface area contributed by atoms with Gasteiger partial charge in [0.2, 0.25) is 0 Å². The van der Waals surface area contributed by atoms with Gasteiger partial charge in [0.1, 0.15) is 0 Å². The topological polar surface area (TPSA) is 36.9 Å². The van der Waals surface area contributed by atoms with Crippen LogP contribution in [0.2, 0.25) is 0 Å². The first-order valence-corrected chi connectivity index (χ1v) is 16.9. The number of hydrogen-bond donors (Lipinski definition) is 0. The summed E-state index contributed by atoms with van der Waals surface area (Å²) < 4.78 is 25.9. The second-order valence-corrected chi connectivity index (χ2v) is 17.3. The van der Waals surface area contributed by atoms with Gasteiger partial charge in [-0.3, -0.25) is 0 Å². The van der Waals surface area contributed by atoms with E-state index in [1.165, 1.54) is 41.8 Å². The standard InChI is InChI=1S/C36H38B2O4S/c1-33(2)34(3,4)40-37(39-33)23-17-19-31-27(21-23)25-13-9-11-15-29(25)43(31)30-16-12-10-14-26(30)28-22-24(18-20-32(28)43)38-41-35(5,6)36(7,8)42-38/h9-22H,1-8H3. The van der Waals surface area contributed by atoms with Crippen molar-refractivity contribution in [2.75, 3.05) is 0 Å². The highest BCUT2D eigenvalue weighted by Crippen LogP contribution is 2.84. The zero-order valence-corrected chi connectivity index (χ0v) is 27.1. The van der Waals surface area contributed by atoms with Crippen molar-refractivity contribution in [1.29, 1.82) is 0 Å². The SMILES string of the molecule is CC1(C)OB(c2ccc3c(c2)-c2ccccc2S32c3ccccc3-c3cc(B4OC(C)(C)C(C)(C)O4)ccc32)OC1(C)C. The van der Waals surface area contributed by atoms with E-state index < -0.39 is 24.3 Å². The molecule has 0 saturated carbocycles. The predicted octanol–water partition coefficient (Wildman–Crippen LogP) is 7.59. The fourth-order valence-electron chi connectivity index (χ4n) is 6.92. The molecule has 4 aromatic carbocycles. The molecule has 43 heavy (non-hydrogen) atoms. The molecule has 0 aliphatic carbocycles. The molecule has 4 nitrogen and oxygen atoms in total. The summed E-state index contributed by atoms with van der Waals surface area (Å²) in [6.07, 6.45) is 0. The van der Waals surface area contributed by atoms with Crippen molar-refractivity contribution in [3.8, 4) is 22.3 Å². The van der Waals surface area contributed by atoms with Crippen LogP contribution in [0.1, 0.15) is 55.4 Å². The Labute approximate surface area is 257 Å². The van der Waals surface area contributed by atoms with E-state index in [4.69, 9.17) is 18.6 Å². The molecule has 0 N–H and O–H groups in total. The molecular weight excluding hydrogens is 550 g/mol.